The maximum atomic E-state index is 10.6. The van der Waals surface area contributed by atoms with Gasteiger partial charge in [0, 0.05) is 6.42 Å². The van der Waals surface area contributed by atoms with Crippen molar-refractivity contribution in [3.8, 4) is 0 Å². The number of aliphatic hydroxyl groups excluding tert-OH is 1. The lowest BCUT2D eigenvalue weighted by molar-refractivity contribution is -0.118. The van der Waals surface area contributed by atoms with Crippen LogP contribution < -0.4 is 5.73 Å². The fourth-order valence-electron chi connectivity index (χ4n) is 3.38. The molecule has 1 unspecified atom stereocenters. The number of hydrogen-bond acceptors (Lipinski definition) is 2. The molecule has 0 spiro atoms. The number of aliphatic hydroxyl groups is 1. The maximum Gasteiger partial charge on any atom is 0.217 e. The predicted molar refractivity (Wildman–Crippen MR) is 109 cm³/mol. The van der Waals surface area contributed by atoms with Crippen molar-refractivity contribution in [3.63, 3.8) is 0 Å². The first-order valence-electron chi connectivity index (χ1n) is 11.1. The van der Waals surface area contributed by atoms with Crippen LogP contribution in [0.4, 0.5) is 0 Å². The zero-order valence-electron chi connectivity index (χ0n) is 16.9. The van der Waals surface area contributed by atoms with E-state index in [9.17, 15) is 9.90 Å². The molecule has 0 fully saturated rings. The van der Waals surface area contributed by atoms with Crippen molar-refractivity contribution in [1.82, 2.24) is 0 Å². The number of amides is 1. The molecule has 3 N–H and O–H groups in total. The minimum atomic E-state index is -0.348. The Morgan fingerprint density at radius 1 is 0.680 bits per heavy atom. The molecule has 3 nitrogen and oxygen atoms in total. The van der Waals surface area contributed by atoms with Crippen LogP contribution in [0.15, 0.2) is 0 Å². The summed E-state index contributed by atoms with van der Waals surface area (Å²) in [5.74, 6) is -0.314. The lowest BCUT2D eigenvalue weighted by Gasteiger charge is -2.08. The molecule has 3 heteroatoms. The highest BCUT2D eigenvalue weighted by Crippen LogP contribution is 2.14. The Hall–Kier alpha value is -0.570. The molecule has 25 heavy (non-hydrogen) atoms. The zero-order valence-corrected chi connectivity index (χ0v) is 16.9. The third kappa shape index (κ3) is 21.4. The van der Waals surface area contributed by atoms with Gasteiger partial charge >= 0.3 is 0 Å². The monoisotopic (exact) mass is 355 g/mol. The highest BCUT2D eigenvalue weighted by molar-refractivity contribution is 5.73. The first-order valence-corrected chi connectivity index (χ1v) is 11.1. The number of nitrogens with two attached hydrogens (primary N) is 1. The second-order valence-corrected chi connectivity index (χ2v) is 7.75. The van der Waals surface area contributed by atoms with Crippen LogP contribution in [-0.2, 0) is 4.79 Å². The Kier molecular flexibility index (Phi) is 19.3. The Morgan fingerprint density at radius 2 is 1.04 bits per heavy atom. The van der Waals surface area contributed by atoms with Gasteiger partial charge in [-0.05, 0) is 12.8 Å². The van der Waals surface area contributed by atoms with Gasteiger partial charge in [-0.25, -0.2) is 0 Å². The predicted octanol–water partition coefficient (Wildman–Crippen LogP) is 6.26. The molecule has 0 saturated heterocycles. The fourth-order valence-corrected chi connectivity index (χ4v) is 3.38. The lowest BCUT2D eigenvalue weighted by Crippen LogP contribution is -2.15. The molecule has 150 valence electrons. The summed E-state index contributed by atoms with van der Waals surface area (Å²) in [6.07, 6.45) is 23.1. The van der Waals surface area contributed by atoms with Crippen LogP contribution in [0.2, 0.25) is 0 Å². The van der Waals surface area contributed by atoms with E-state index >= 15 is 0 Å². The van der Waals surface area contributed by atoms with E-state index in [-0.39, 0.29) is 12.0 Å². The molecule has 0 aromatic carbocycles. The van der Waals surface area contributed by atoms with Gasteiger partial charge in [-0.3, -0.25) is 4.79 Å². The fraction of sp³-hybridized carbons (Fsp3) is 0.955. The van der Waals surface area contributed by atoms with Crippen molar-refractivity contribution in [1.29, 1.82) is 0 Å². The summed E-state index contributed by atoms with van der Waals surface area (Å²) in [6.45, 7) is 2.28. The molecule has 0 aromatic heterocycles. The Balaban J connectivity index is 3.08. The minimum Gasteiger partial charge on any atom is -0.393 e. The number of hydrogen-bond donors (Lipinski definition) is 2. The summed E-state index contributed by atoms with van der Waals surface area (Å²) in [4.78, 5) is 10.6. The van der Waals surface area contributed by atoms with Crippen molar-refractivity contribution in [2.45, 2.75) is 135 Å². The van der Waals surface area contributed by atoms with Crippen LogP contribution in [0.3, 0.4) is 0 Å². The van der Waals surface area contributed by atoms with Crippen molar-refractivity contribution >= 4 is 5.91 Å². The van der Waals surface area contributed by atoms with Crippen LogP contribution in [0.1, 0.15) is 129 Å². The van der Waals surface area contributed by atoms with Crippen molar-refractivity contribution in [3.05, 3.63) is 0 Å². The van der Waals surface area contributed by atoms with E-state index in [0.29, 0.717) is 12.8 Å². The summed E-state index contributed by atoms with van der Waals surface area (Å²) in [7, 11) is 0. The first kappa shape index (κ1) is 24.4. The van der Waals surface area contributed by atoms with Crippen LogP contribution in [-0.4, -0.2) is 17.1 Å². The Morgan fingerprint density at radius 3 is 1.40 bits per heavy atom. The van der Waals surface area contributed by atoms with E-state index in [1.54, 1.807) is 0 Å². The third-order valence-corrected chi connectivity index (χ3v) is 5.11. The summed E-state index contributed by atoms with van der Waals surface area (Å²) in [6, 6.07) is 0. The van der Waals surface area contributed by atoms with E-state index in [1.165, 1.54) is 96.3 Å². The van der Waals surface area contributed by atoms with Gasteiger partial charge in [0.2, 0.25) is 5.91 Å². The second-order valence-electron chi connectivity index (χ2n) is 7.75. The van der Waals surface area contributed by atoms with Gasteiger partial charge in [-0.15, -0.1) is 0 Å². The molecular formula is C22H45NO2. The zero-order chi connectivity index (χ0) is 18.6. The van der Waals surface area contributed by atoms with E-state index in [0.717, 1.165) is 12.8 Å². The number of carbonyl (C=O) groups excluding carboxylic acids is 1. The second kappa shape index (κ2) is 19.8. The van der Waals surface area contributed by atoms with Crippen LogP contribution in [0.5, 0.6) is 0 Å². The molecule has 0 aromatic rings. The number of primary amides is 1. The lowest BCUT2D eigenvalue weighted by atomic mass is 10.0. The summed E-state index contributed by atoms with van der Waals surface area (Å²) < 4.78 is 0. The summed E-state index contributed by atoms with van der Waals surface area (Å²) in [5.41, 5.74) is 5.08. The van der Waals surface area contributed by atoms with Crippen molar-refractivity contribution < 1.29 is 9.90 Å². The van der Waals surface area contributed by atoms with E-state index in [4.69, 9.17) is 5.73 Å². The standard InChI is InChI=1S/C22H45NO2/c1-2-3-4-5-6-7-8-9-10-11-12-13-14-15-16-17-18-21(24)19-20-22(23)25/h21,24H,2-20H2,1H3,(H2,23,25). The molecule has 0 heterocycles. The van der Waals surface area contributed by atoms with E-state index in [2.05, 4.69) is 6.92 Å². The summed E-state index contributed by atoms with van der Waals surface area (Å²) >= 11 is 0. The number of unbranched alkanes of at least 4 members (excludes halogenated alkanes) is 15. The largest absolute Gasteiger partial charge is 0.393 e. The number of rotatable bonds is 20. The molecule has 1 atom stereocenters. The van der Waals surface area contributed by atoms with E-state index < -0.39 is 0 Å². The van der Waals surface area contributed by atoms with Gasteiger partial charge in [0.05, 0.1) is 6.10 Å². The minimum absolute atomic E-state index is 0.306. The number of carbonyl (C=O) groups is 1. The average molecular weight is 356 g/mol. The van der Waals surface area contributed by atoms with Gasteiger partial charge in [0.1, 0.15) is 0 Å². The average Bonchev–Trinajstić information content (AvgIpc) is 2.59. The van der Waals surface area contributed by atoms with Gasteiger partial charge in [0.25, 0.3) is 0 Å². The first-order chi connectivity index (χ1) is 12.2. The van der Waals surface area contributed by atoms with Gasteiger partial charge in [-0.2, -0.15) is 0 Å². The van der Waals surface area contributed by atoms with Crippen molar-refractivity contribution in [2.24, 2.45) is 5.73 Å². The van der Waals surface area contributed by atoms with Gasteiger partial charge in [-0.1, -0.05) is 110 Å². The smallest absolute Gasteiger partial charge is 0.217 e. The molecule has 0 aliphatic carbocycles. The normalized spacial score (nSPS) is 12.4. The van der Waals surface area contributed by atoms with Crippen LogP contribution in [0, 0.1) is 0 Å². The quantitative estimate of drug-likeness (QED) is 0.253. The SMILES string of the molecule is CCCCCCCCCCCCCCCCCCC(O)CCC(N)=O. The van der Waals surface area contributed by atoms with E-state index in [1.807, 2.05) is 0 Å². The van der Waals surface area contributed by atoms with Gasteiger partial charge in [0.15, 0.2) is 0 Å². The molecular weight excluding hydrogens is 310 g/mol. The molecule has 0 aliphatic heterocycles. The Bertz CT molecular complexity index is 281. The molecule has 0 saturated carbocycles. The van der Waals surface area contributed by atoms with Crippen LogP contribution >= 0.6 is 0 Å². The maximum absolute atomic E-state index is 10.6. The van der Waals surface area contributed by atoms with Crippen molar-refractivity contribution in [2.75, 3.05) is 0 Å². The topological polar surface area (TPSA) is 63.3 Å². The van der Waals surface area contributed by atoms with Crippen LogP contribution in [0.25, 0.3) is 0 Å². The van der Waals surface area contributed by atoms with Gasteiger partial charge < -0.3 is 10.8 Å². The molecule has 0 radical (unpaired) electrons. The molecule has 0 bridgehead atoms. The molecule has 0 rings (SSSR count). The highest BCUT2D eigenvalue weighted by atomic mass is 16.3. The highest BCUT2D eigenvalue weighted by Gasteiger charge is 2.05. The molecule has 1 amide bonds. The Labute approximate surface area is 157 Å². The third-order valence-electron chi connectivity index (χ3n) is 5.11. The molecule has 0 aliphatic rings. The summed E-state index contributed by atoms with van der Waals surface area (Å²) in [5, 5.41) is 9.71.